The molecule has 0 fully saturated rings. The Labute approximate surface area is 210 Å². The van der Waals surface area contributed by atoms with Crippen molar-refractivity contribution in [3.63, 3.8) is 0 Å². The number of nitrogens with one attached hydrogen (secondary N) is 1. The van der Waals surface area contributed by atoms with Crippen LogP contribution >= 0.6 is 0 Å². The summed E-state index contributed by atoms with van der Waals surface area (Å²) in [5.74, 6) is 1.26. The molecule has 0 aliphatic rings. The number of methoxy groups -OCH3 is 1. The van der Waals surface area contributed by atoms with Gasteiger partial charge in [0.25, 0.3) is 0 Å². The molecule has 36 heavy (non-hydrogen) atoms. The molecule has 4 aromatic carbocycles. The second kappa shape index (κ2) is 10.0. The van der Waals surface area contributed by atoms with Crippen LogP contribution in [-0.2, 0) is 4.79 Å². The highest BCUT2D eigenvalue weighted by Crippen LogP contribution is 2.38. The Hall–Kier alpha value is -4.51. The minimum Gasteiger partial charge on any atom is -0.496 e. The van der Waals surface area contributed by atoms with Crippen LogP contribution < -0.4 is 14.8 Å². The fourth-order valence-electron chi connectivity index (χ4n) is 4.43. The summed E-state index contributed by atoms with van der Waals surface area (Å²) in [4.78, 5) is 13.0. The molecule has 5 aromatic rings. The van der Waals surface area contributed by atoms with Gasteiger partial charge in [0.1, 0.15) is 17.1 Å². The average molecular weight is 478 g/mol. The van der Waals surface area contributed by atoms with Crippen molar-refractivity contribution in [3.8, 4) is 22.6 Å². The Morgan fingerprint density at radius 2 is 1.75 bits per heavy atom. The summed E-state index contributed by atoms with van der Waals surface area (Å²) in [7, 11) is 1.62. The van der Waals surface area contributed by atoms with E-state index in [1.165, 1.54) is 0 Å². The van der Waals surface area contributed by atoms with Crippen molar-refractivity contribution >= 4 is 38.9 Å². The second-order valence-corrected chi connectivity index (χ2v) is 8.50. The first-order valence-electron chi connectivity index (χ1n) is 11.9. The van der Waals surface area contributed by atoms with Gasteiger partial charge in [-0.25, -0.2) is 0 Å². The first-order chi connectivity index (χ1) is 17.6. The van der Waals surface area contributed by atoms with Gasteiger partial charge in [0.05, 0.1) is 20.0 Å². The molecular formula is C31H27NO4. The number of benzene rings is 4. The van der Waals surface area contributed by atoms with Crippen LogP contribution in [0.5, 0.6) is 11.5 Å². The number of hydrogen-bond acceptors (Lipinski definition) is 4. The highest BCUT2D eigenvalue weighted by atomic mass is 16.5. The molecule has 1 heterocycles. The van der Waals surface area contributed by atoms with Gasteiger partial charge in [0, 0.05) is 39.7 Å². The Morgan fingerprint density at radius 1 is 0.972 bits per heavy atom. The molecule has 0 radical (unpaired) electrons. The Kier molecular flexibility index (Phi) is 6.46. The minimum absolute atomic E-state index is 0.204. The van der Waals surface area contributed by atoms with Gasteiger partial charge in [-0.05, 0) is 54.6 Å². The average Bonchev–Trinajstić information content (AvgIpc) is 3.31. The molecule has 0 atom stereocenters. The van der Waals surface area contributed by atoms with Crippen molar-refractivity contribution in [1.29, 1.82) is 0 Å². The third kappa shape index (κ3) is 4.56. The van der Waals surface area contributed by atoms with Crippen LogP contribution in [0.3, 0.4) is 0 Å². The van der Waals surface area contributed by atoms with E-state index in [1.54, 1.807) is 19.4 Å². The largest absolute Gasteiger partial charge is 0.496 e. The van der Waals surface area contributed by atoms with Gasteiger partial charge >= 0.3 is 0 Å². The predicted octanol–water partition coefficient (Wildman–Crippen LogP) is 7.70. The van der Waals surface area contributed by atoms with E-state index in [1.807, 2.05) is 92.7 Å². The molecule has 0 bridgehead atoms. The smallest absolute Gasteiger partial charge is 0.248 e. The lowest BCUT2D eigenvalue weighted by molar-refractivity contribution is -0.111. The second-order valence-electron chi connectivity index (χ2n) is 8.50. The maximum absolute atomic E-state index is 13.0. The summed E-state index contributed by atoms with van der Waals surface area (Å²) < 4.78 is 17.1. The zero-order chi connectivity index (χ0) is 25.1. The van der Waals surface area contributed by atoms with Gasteiger partial charge in [-0.3, -0.25) is 4.79 Å². The normalized spacial score (nSPS) is 11.6. The fourth-order valence-corrected chi connectivity index (χ4v) is 4.43. The van der Waals surface area contributed by atoms with E-state index in [0.717, 1.165) is 49.9 Å². The molecule has 0 aliphatic heterocycles. The van der Waals surface area contributed by atoms with E-state index >= 15 is 0 Å². The first-order valence-corrected chi connectivity index (χ1v) is 11.9. The van der Waals surface area contributed by atoms with Gasteiger partial charge in [-0.2, -0.15) is 0 Å². The number of anilines is 1. The third-order valence-corrected chi connectivity index (χ3v) is 6.19. The van der Waals surface area contributed by atoms with E-state index in [9.17, 15) is 4.79 Å². The highest BCUT2D eigenvalue weighted by molar-refractivity contribution is 6.09. The molecule has 5 nitrogen and oxygen atoms in total. The van der Waals surface area contributed by atoms with Crippen LogP contribution in [0.25, 0.3) is 38.4 Å². The molecule has 0 saturated heterocycles. The standard InChI is InChI=1S/C31H27NO4/c1-4-35-23-14-12-22(13-15-23)27-19-36-30-18-29(34-3)25(17-26(27)30)20(2)16-31(33)32-28-11-7-9-21-8-5-6-10-24(21)28/h5-19H,4H2,1-3H3,(H,32,33)/b20-16+. The summed E-state index contributed by atoms with van der Waals surface area (Å²) in [5, 5.41) is 6.03. The van der Waals surface area contributed by atoms with Gasteiger partial charge < -0.3 is 19.2 Å². The number of ether oxygens (including phenoxy) is 2. The topological polar surface area (TPSA) is 60.7 Å². The Balaban J connectivity index is 1.48. The van der Waals surface area contributed by atoms with Crippen molar-refractivity contribution < 1.29 is 18.7 Å². The lowest BCUT2D eigenvalue weighted by Gasteiger charge is -2.11. The molecule has 0 spiro atoms. The molecule has 1 N–H and O–H groups in total. The number of carbonyl (C=O) groups is 1. The van der Waals surface area contributed by atoms with Crippen LogP contribution in [0.2, 0.25) is 0 Å². The van der Waals surface area contributed by atoms with E-state index in [4.69, 9.17) is 13.9 Å². The molecule has 5 rings (SSSR count). The van der Waals surface area contributed by atoms with Crippen LogP contribution in [0.1, 0.15) is 19.4 Å². The lowest BCUT2D eigenvalue weighted by Crippen LogP contribution is -2.09. The van der Waals surface area contributed by atoms with Gasteiger partial charge in [0.2, 0.25) is 5.91 Å². The Morgan fingerprint density at radius 3 is 2.53 bits per heavy atom. The predicted molar refractivity (Wildman–Crippen MR) is 146 cm³/mol. The molecule has 0 saturated carbocycles. The van der Waals surface area contributed by atoms with Crippen molar-refractivity contribution in [2.24, 2.45) is 0 Å². The highest BCUT2D eigenvalue weighted by Gasteiger charge is 2.15. The molecule has 1 aromatic heterocycles. The van der Waals surface area contributed by atoms with Crippen molar-refractivity contribution in [3.05, 3.63) is 96.8 Å². The Bertz CT molecular complexity index is 1570. The summed E-state index contributed by atoms with van der Waals surface area (Å²) in [6, 6.07) is 25.6. The maximum atomic E-state index is 13.0. The zero-order valence-corrected chi connectivity index (χ0v) is 20.5. The SMILES string of the molecule is CCOc1ccc(-c2coc3cc(OC)c(/C(C)=C/C(=O)Nc4cccc5ccccc45)cc23)cc1. The molecule has 180 valence electrons. The van der Waals surface area contributed by atoms with Crippen LogP contribution in [0.4, 0.5) is 5.69 Å². The first kappa shape index (κ1) is 23.2. The van der Waals surface area contributed by atoms with Crippen molar-refractivity contribution in [2.75, 3.05) is 19.0 Å². The van der Waals surface area contributed by atoms with Crippen molar-refractivity contribution in [2.45, 2.75) is 13.8 Å². The number of allylic oxidation sites excluding steroid dienone is 1. The number of hydrogen-bond donors (Lipinski definition) is 1. The van der Waals surface area contributed by atoms with Gasteiger partial charge in [-0.15, -0.1) is 0 Å². The van der Waals surface area contributed by atoms with E-state index < -0.39 is 0 Å². The number of rotatable bonds is 7. The van der Waals surface area contributed by atoms with Gasteiger partial charge in [-0.1, -0.05) is 48.5 Å². The van der Waals surface area contributed by atoms with Crippen molar-refractivity contribution in [1.82, 2.24) is 0 Å². The molecule has 0 aliphatic carbocycles. The quantitative estimate of drug-likeness (QED) is 0.244. The molecule has 1 amide bonds. The summed E-state index contributed by atoms with van der Waals surface area (Å²) in [6.45, 7) is 4.49. The van der Waals surface area contributed by atoms with Crippen LogP contribution in [0.15, 0.2) is 95.6 Å². The van der Waals surface area contributed by atoms with Crippen LogP contribution in [-0.4, -0.2) is 19.6 Å². The maximum Gasteiger partial charge on any atom is 0.248 e. The summed E-state index contributed by atoms with van der Waals surface area (Å²) >= 11 is 0. The third-order valence-electron chi connectivity index (χ3n) is 6.19. The van der Waals surface area contributed by atoms with E-state index in [-0.39, 0.29) is 5.91 Å². The summed E-state index contributed by atoms with van der Waals surface area (Å²) in [6.07, 6.45) is 3.35. The van der Waals surface area contributed by atoms with E-state index in [2.05, 4.69) is 5.32 Å². The molecular weight excluding hydrogens is 450 g/mol. The number of carbonyl (C=O) groups excluding carboxylic acids is 1. The number of amides is 1. The minimum atomic E-state index is -0.204. The molecule has 0 unspecified atom stereocenters. The monoisotopic (exact) mass is 477 g/mol. The number of fused-ring (bicyclic) bond motifs is 2. The lowest BCUT2D eigenvalue weighted by atomic mass is 9.99. The van der Waals surface area contributed by atoms with Gasteiger partial charge in [0.15, 0.2) is 0 Å². The fraction of sp³-hybridized carbons (Fsp3) is 0.129. The molecule has 5 heteroatoms. The zero-order valence-electron chi connectivity index (χ0n) is 20.5. The van der Waals surface area contributed by atoms with E-state index in [0.29, 0.717) is 17.9 Å². The number of furan rings is 1. The summed E-state index contributed by atoms with van der Waals surface area (Å²) in [5.41, 5.74) is 5.08. The van der Waals surface area contributed by atoms with Crippen LogP contribution in [0, 0.1) is 0 Å².